The first kappa shape index (κ1) is 39.1. The molecule has 3 aromatic carbocycles. The van der Waals surface area contributed by atoms with E-state index >= 15 is 0 Å². The zero-order valence-electron chi connectivity index (χ0n) is 33.5. The molecule has 0 unspecified atom stereocenters. The van der Waals surface area contributed by atoms with Crippen LogP contribution in [0.1, 0.15) is 89.2 Å². The number of aryl methyl sites for hydroxylation is 3. The Morgan fingerprint density at radius 1 is 0.875 bits per heavy atom. The van der Waals surface area contributed by atoms with E-state index in [1.807, 2.05) is 10.9 Å². The molecule has 2 atom stereocenters. The lowest BCUT2D eigenvalue weighted by Crippen LogP contribution is -2.53. The third kappa shape index (κ3) is 9.12. The Morgan fingerprint density at radius 2 is 1.59 bits per heavy atom. The number of aromatic nitrogens is 3. The van der Waals surface area contributed by atoms with Gasteiger partial charge in [-0.1, -0.05) is 43.3 Å². The standard InChI is InChI=1S/C45H56N8O3/c1-6-41-39(42(50-37-16-18-56-19-17-37)40-25-48-53(7-2)43(40)51-41)24-47-45(55)36-13-9-12-35(22-36)44(54)46-23-32-15-14-29(3)38(21-32)34-11-8-10-33(20-34)28-52-26-30(4)49-31(5)27-52/h8-15,20-22,25,30-31,37,49H,6-7,16-19,23-24,26-28H2,1-5H3,(H,46,54)(H,47,55)(H,50,51)/t30-,31+. The molecular weight excluding hydrogens is 701 g/mol. The number of anilines is 1. The number of carbonyl (C=O) groups is 2. The number of ether oxygens (including phenoxy) is 1. The number of amides is 2. The van der Waals surface area contributed by atoms with Crippen LogP contribution in [0, 0.1) is 6.92 Å². The van der Waals surface area contributed by atoms with Crippen molar-refractivity contribution in [1.82, 2.24) is 35.6 Å². The summed E-state index contributed by atoms with van der Waals surface area (Å²) < 4.78 is 7.52. The van der Waals surface area contributed by atoms with Gasteiger partial charge in [0.1, 0.15) is 0 Å². The van der Waals surface area contributed by atoms with Gasteiger partial charge in [-0.3, -0.25) is 14.5 Å². The predicted octanol–water partition coefficient (Wildman–Crippen LogP) is 6.62. The largest absolute Gasteiger partial charge is 0.381 e. The molecular formula is C45H56N8O3. The molecule has 2 amide bonds. The van der Waals surface area contributed by atoms with Crippen LogP contribution < -0.4 is 21.3 Å². The highest BCUT2D eigenvalue weighted by Crippen LogP contribution is 2.32. The van der Waals surface area contributed by atoms with Crippen LogP contribution in [0.3, 0.4) is 0 Å². The van der Waals surface area contributed by atoms with Gasteiger partial charge in [-0.05, 0) is 105 Å². The monoisotopic (exact) mass is 756 g/mol. The van der Waals surface area contributed by atoms with Crippen molar-refractivity contribution < 1.29 is 14.3 Å². The van der Waals surface area contributed by atoms with Gasteiger partial charge in [0.25, 0.3) is 11.8 Å². The number of hydrogen-bond acceptors (Lipinski definition) is 8. The maximum atomic E-state index is 13.6. The number of nitrogens with zero attached hydrogens (tertiary/aromatic N) is 4. The van der Waals surface area contributed by atoms with E-state index in [0.29, 0.717) is 55.9 Å². The fourth-order valence-electron chi connectivity index (χ4n) is 8.21. The second-order valence-corrected chi connectivity index (χ2v) is 15.5. The molecule has 11 nitrogen and oxygen atoms in total. The van der Waals surface area contributed by atoms with Gasteiger partial charge in [0.2, 0.25) is 0 Å². The van der Waals surface area contributed by atoms with E-state index in [0.717, 1.165) is 71.6 Å². The summed E-state index contributed by atoms with van der Waals surface area (Å²) in [6.07, 6.45) is 4.39. The van der Waals surface area contributed by atoms with E-state index in [4.69, 9.17) is 9.72 Å². The molecule has 2 aliphatic heterocycles. The van der Waals surface area contributed by atoms with Gasteiger partial charge in [0.15, 0.2) is 5.65 Å². The van der Waals surface area contributed by atoms with Crippen LogP contribution in [0.2, 0.25) is 0 Å². The molecule has 0 saturated carbocycles. The SMILES string of the molecule is CCc1nc2c(cnn2CC)c(NC2CCOCC2)c1CNC(=O)c1cccc(C(=O)NCc2ccc(C)c(-c3cccc(CN4C[C@@H](C)N[C@@H](C)C4)c3)c2)c1. The molecule has 294 valence electrons. The maximum Gasteiger partial charge on any atom is 0.251 e. The second kappa shape index (κ2) is 17.8. The van der Waals surface area contributed by atoms with E-state index in [2.05, 4.69) is 108 Å². The number of fused-ring (bicyclic) bond motifs is 1. The van der Waals surface area contributed by atoms with E-state index in [1.165, 1.54) is 16.7 Å². The Morgan fingerprint density at radius 3 is 2.30 bits per heavy atom. The van der Waals surface area contributed by atoms with Gasteiger partial charge in [-0.25, -0.2) is 9.67 Å². The fourth-order valence-corrected chi connectivity index (χ4v) is 8.21. The van der Waals surface area contributed by atoms with Gasteiger partial charge >= 0.3 is 0 Å². The Labute approximate surface area is 330 Å². The van der Waals surface area contributed by atoms with E-state index in [-0.39, 0.29) is 24.4 Å². The van der Waals surface area contributed by atoms with Crippen molar-refractivity contribution in [3.63, 3.8) is 0 Å². The number of piperazine rings is 1. The highest BCUT2D eigenvalue weighted by Gasteiger charge is 2.23. The zero-order valence-corrected chi connectivity index (χ0v) is 33.5. The van der Waals surface area contributed by atoms with E-state index in [9.17, 15) is 9.59 Å². The number of benzene rings is 3. The van der Waals surface area contributed by atoms with Crippen LogP contribution in [0.25, 0.3) is 22.2 Å². The average molecular weight is 757 g/mol. The zero-order chi connectivity index (χ0) is 39.2. The molecule has 2 aliphatic rings. The van der Waals surface area contributed by atoms with Gasteiger partial charge in [0, 0.05) is 93.0 Å². The lowest BCUT2D eigenvalue weighted by atomic mass is 9.96. The molecule has 11 heteroatoms. The van der Waals surface area contributed by atoms with Crippen LogP contribution >= 0.6 is 0 Å². The third-order valence-corrected chi connectivity index (χ3v) is 11.0. The summed E-state index contributed by atoms with van der Waals surface area (Å²) in [7, 11) is 0. The number of nitrogens with one attached hydrogen (secondary N) is 4. The van der Waals surface area contributed by atoms with Gasteiger partial charge < -0.3 is 26.0 Å². The van der Waals surface area contributed by atoms with Crippen LogP contribution in [0.5, 0.6) is 0 Å². The first-order valence-electron chi connectivity index (χ1n) is 20.2. The number of rotatable bonds is 13. The molecule has 5 aromatic rings. The number of pyridine rings is 1. The Bertz CT molecular complexity index is 2160. The summed E-state index contributed by atoms with van der Waals surface area (Å²) >= 11 is 0. The average Bonchev–Trinajstić information content (AvgIpc) is 3.63. The lowest BCUT2D eigenvalue weighted by Gasteiger charge is -2.36. The number of carbonyl (C=O) groups excluding carboxylic acids is 2. The Hall–Kier alpha value is -5.10. The molecule has 2 saturated heterocycles. The summed E-state index contributed by atoms with van der Waals surface area (Å²) in [5, 5.41) is 19.1. The molecule has 56 heavy (non-hydrogen) atoms. The lowest BCUT2D eigenvalue weighted by molar-refractivity contribution is 0.0904. The van der Waals surface area contributed by atoms with Crippen molar-refractivity contribution in [2.24, 2.45) is 0 Å². The van der Waals surface area contributed by atoms with E-state index in [1.54, 1.807) is 24.3 Å². The van der Waals surface area contributed by atoms with Crippen molar-refractivity contribution in [3.05, 3.63) is 112 Å². The second-order valence-electron chi connectivity index (χ2n) is 15.5. The fraction of sp³-hybridized carbons (Fsp3) is 0.422. The molecule has 0 radical (unpaired) electrons. The molecule has 4 N–H and O–H groups in total. The maximum absolute atomic E-state index is 13.6. The van der Waals surface area contributed by atoms with Crippen LogP contribution in [-0.2, 0) is 37.3 Å². The van der Waals surface area contributed by atoms with Crippen LogP contribution in [-0.4, -0.2) is 75.9 Å². The van der Waals surface area contributed by atoms with Crippen molar-refractivity contribution in [3.8, 4) is 11.1 Å². The molecule has 0 aliphatic carbocycles. The van der Waals surface area contributed by atoms with Crippen LogP contribution in [0.4, 0.5) is 5.69 Å². The molecule has 2 aromatic heterocycles. The highest BCUT2D eigenvalue weighted by atomic mass is 16.5. The quantitative estimate of drug-likeness (QED) is 0.106. The first-order chi connectivity index (χ1) is 27.2. The van der Waals surface area contributed by atoms with Gasteiger partial charge in [0.05, 0.1) is 17.3 Å². The van der Waals surface area contributed by atoms with Gasteiger partial charge in [-0.15, -0.1) is 0 Å². The normalized spacial score (nSPS) is 17.9. The summed E-state index contributed by atoms with van der Waals surface area (Å²) in [5.74, 6) is -0.489. The minimum atomic E-state index is -0.255. The molecule has 4 heterocycles. The topological polar surface area (TPSA) is 125 Å². The highest BCUT2D eigenvalue weighted by molar-refractivity contribution is 6.00. The molecule has 7 rings (SSSR count). The summed E-state index contributed by atoms with van der Waals surface area (Å²) in [6.45, 7) is 16.5. The van der Waals surface area contributed by atoms with Gasteiger partial charge in [-0.2, -0.15) is 5.10 Å². The Kier molecular flexibility index (Phi) is 12.4. The van der Waals surface area contributed by atoms with Crippen molar-refractivity contribution in [2.45, 2.75) is 98.2 Å². The molecule has 2 fully saturated rings. The summed E-state index contributed by atoms with van der Waals surface area (Å²) in [5.41, 5.74) is 10.4. The van der Waals surface area contributed by atoms with Crippen LogP contribution in [0.15, 0.2) is 72.9 Å². The minimum Gasteiger partial charge on any atom is -0.381 e. The van der Waals surface area contributed by atoms with Crippen molar-refractivity contribution in [1.29, 1.82) is 0 Å². The Balaban J connectivity index is 1.02. The van der Waals surface area contributed by atoms with Crippen molar-refractivity contribution in [2.75, 3.05) is 31.6 Å². The third-order valence-electron chi connectivity index (χ3n) is 11.0. The summed E-state index contributed by atoms with van der Waals surface area (Å²) in [6, 6.07) is 23.3. The van der Waals surface area contributed by atoms with E-state index < -0.39 is 0 Å². The molecule has 0 bridgehead atoms. The number of hydrogen-bond donors (Lipinski definition) is 4. The first-order valence-corrected chi connectivity index (χ1v) is 20.2. The minimum absolute atomic E-state index is 0.234. The molecule has 0 spiro atoms. The smallest absolute Gasteiger partial charge is 0.251 e. The predicted molar refractivity (Wildman–Crippen MR) is 223 cm³/mol. The van der Waals surface area contributed by atoms with Crippen molar-refractivity contribution >= 4 is 28.5 Å². The summed E-state index contributed by atoms with van der Waals surface area (Å²) in [4.78, 5) is 34.6.